The van der Waals surface area contributed by atoms with E-state index in [-0.39, 0.29) is 17.0 Å². The Labute approximate surface area is 103 Å². The van der Waals surface area contributed by atoms with Crippen LogP contribution < -0.4 is 0 Å². The summed E-state index contributed by atoms with van der Waals surface area (Å²) in [4.78, 5) is 24.1. The van der Waals surface area contributed by atoms with Crippen LogP contribution in [0.3, 0.4) is 0 Å². The Bertz CT molecular complexity index is 450. The molecule has 17 heavy (non-hydrogen) atoms. The zero-order chi connectivity index (χ0) is 12.8. The lowest BCUT2D eigenvalue weighted by atomic mass is 9.85. The number of ketones is 2. The molecule has 0 aromatic rings. The normalized spacial score (nSPS) is 28.7. The molecular weight excluding hydrogens is 212 g/mol. The van der Waals surface area contributed by atoms with Crippen molar-refractivity contribution < 1.29 is 9.59 Å². The average Bonchev–Trinajstić information content (AvgIpc) is 2.47. The van der Waals surface area contributed by atoms with Gasteiger partial charge in [-0.25, -0.2) is 0 Å². The molecule has 0 unspecified atom stereocenters. The van der Waals surface area contributed by atoms with Crippen molar-refractivity contribution in [1.82, 2.24) is 0 Å². The Balaban J connectivity index is 2.51. The molecule has 0 saturated carbocycles. The molecule has 0 saturated heterocycles. The number of allylic oxidation sites excluding steroid dienone is 4. The largest absolute Gasteiger partial charge is 0.295 e. The summed E-state index contributed by atoms with van der Waals surface area (Å²) in [6.45, 7) is 7.95. The molecule has 2 nitrogen and oxygen atoms in total. The summed E-state index contributed by atoms with van der Waals surface area (Å²) in [5.41, 5.74) is 2.51. The summed E-state index contributed by atoms with van der Waals surface area (Å²) in [5.74, 6) is 0.735. The molecule has 0 aromatic heterocycles. The predicted molar refractivity (Wildman–Crippen MR) is 67.6 cm³/mol. The quantitative estimate of drug-likeness (QED) is 0.642. The van der Waals surface area contributed by atoms with Crippen LogP contribution >= 0.6 is 0 Å². The van der Waals surface area contributed by atoms with Crippen molar-refractivity contribution in [3.63, 3.8) is 0 Å². The number of Topliss-reactive ketones (excluding diaryl/α,β-unsaturated/α-hetero) is 2. The maximum Gasteiger partial charge on any atom is 0.168 e. The Morgan fingerprint density at radius 2 is 1.94 bits per heavy atom. The minimum absolute atomic E-state index is 0.181. The zero-order valence-corrected chi connectivity index (χ0v) is 11.1. The summed E-state index contributed by atoms with van der Waals surface area (Å²) < 4.78 is 0. The van der Waals surface area contributed by atoms with Crippen molar-refractivity contribution in [3.05, 3.63) is 22.8 Å². The number of hydrogen-bond acceptors (Lipinski definition) is 2. The van der Waals surface area contributed by atoms with Gasteiger partial charge in [-0.2, -0.15) is 0 Å². The first-order valence-electron chi connectivity index (χ1n) is 6.32. The molecular formula is C15H20O2. The van der Waals surface area contributed by atoms with Crippen LogP contribution in [0.25, 0.3) is 0 Å². The van der Waals surface area contributed by atoms with E-state index in [1.165, 1.54) is 5.57 Å². The second-order valence-corrected chi connectivity index (χ2v) is 6.02. The van der Waals surface area contributed by atoms with Gasteiger partial charge in [0.1, 0.15) is 0 Å². The molecule has 0 spiro atoms. The van der Waals surface area contributed by atoms with Crippen LogP contribution in [-0.2, 0) is 9.59 Å². The Hall–Kier alpha value is -1.18. The van der Waals surface area contributed by atoms with E-state index < -0.39 is 0 Å². The topological polar surface area (TPSA) is 34.1 Å². The summed E-state index contributed by atoms with van der Waals surface area (Å²) in [6.07, 6.45) is 4.14. The van der Waals surface area contributed by atoms with Crippen LogP contribution in [0, 0.1) is 11.3 Å². The van der Waals surface area contributed by atoms with E-state index in [9.17, 15) is 9.59 Å². The molecule has 0 fully saturated rings. The van der Waals surface area contributed by atoms with E-state index in [4.69, 9.17) is 0 Å². The second-order valence-electron chi connectivity index (χ2n) is 6.02. The molecule has 0 amide bonds. The highest BCUT2D eigenvalue weighted by Crippen LogP contribution is 2.44. The third-order valence-corrected chi connectivity index (χ3v) is 4.04. The lowest BCUT2D eigenvalue weighted by molar-refractivity contribution is -0.121. The van der Waals surface area contributed by atoms with Crippen LogP contribution in [0.4, 0.5) is 0 Å². The van der Waals surface area contributed by atoms with Crippen LogP contribution in [0.5, 0.6) is 0 Å². The van der Waals surface area contributed by atoms with Crippen molar-refractivity contribution in [2.75, 3.05) is 0 Å². The lowest BCUT2D eigenvalue weighted by Crippen LogP contribution is -2.19. The van der Waals surface area contributed by atoms with Gasteiger partial charge in [-0.15, -0.1) is 0 Å². The first-order chi connectivity index (χ1) is 7.83. The fraction of sp³-hybridized carbons (Fsp3) is 0.600. The van der Waals surface area contributed by atoms with Crippen LogP contribution in [0.2, 0.25) is 0 Å². The summed E-state index contributed by atoms with van der Waals surface area (Å²) >= 11 is 0. The number of rotatable bonds is 0. The van der Waals surface area contributed by atoms with Gasteiger partial charge in [0.2, 0.25) is 0 Å². The van der Waals surface area contributed by atoms with Crippen LogP contribution in [0.15, 0.2) is 22.8 Å². The van der Waals surface area contributed by atoms with E-state index in [1.807, 2.05) is 26.8 Å². The molecule has 2 rings (SSSR count). The molecule has 0 heterocycles. The zero-order valence-electron chi connectivity index (χ0n) is 11.1. The molecule has 92 valence electrons. The van der Waals surface area contributed by atoms with Gasteiger partial charge in [-0.1, -0.05) is 26.3 Å². The molecule has 0 radical (unpaired) electrons. The molecule has 0 bridgehead atoms. The Kier molecular flexibility index (Phi) is 2.84. The van der Waals surface area contributed by atoms with Gasteiger partial charge in [-0.05, 0) is 37.3 Å². The summed E-state index contributed by atoms with van der Waals surface area (Å²) in [7, 11) is 0. The summed E-state index contributed by atoms with van der Waals surface area (Å²) in [6, 6.07) is 0. The molecule has 0 aromatic carbocycles. The van der Waals surface area contributed by atoms with Gasteiger partial charge in [-0.3, -0.25) is 9.59 Å². The first-order valence-corrected chi connectivity index (χ1v) is 6.32. The van der Waals surface area contributed by atoms with E-state index in [2.05, 4.69) is 6.92 Å². The number of carbonyl (C=O) groups excluding carboxylic acids is 2. The first kappa shape index (κ1) is 12.3. The van der Waals surface area contributed by atoms with Crippen molar-refractivity contribution in [3.8, 4) is 0 Å². The minimum atomic E-state index is -0.289. The molecule has 2 aliphatic carbocycles. The van der Waals surface area contributed by atoms with Gasteiger partial charge in [0, 0.05) is 17.4 Å². The van der Waals surface area contributed by atoms with Crippen molar-refractivity contribution in [2.24, 2.45) is 11.3 Å². The third kappa shape index (κ3) is 2.01. The van der Waals surface area contributed by atoms with Crippen LogP contribution in [0.1, 0.15) is 47.0 Å². The second kappa shape index (κ2) is 3.94. The third-order valence-electron chi connectivity index (χ3n) is 4.04. The molecule has 1 atom stereocenters. The van der Waals surface area contributed by atoms with E-state index in [1.54, 1.807) is 0 Å². The highest BCUT2D eigenvalue weighted by Gasteiger charge is 2.40. The standard InChI is InChI=1S/C15H20O2/c1-9-5-6-13(16)10(2)7-11-12(9)8-15(3,4)14(11)17/h7,9H,5-6,8H2,1-4H3/t9-/m1/s1. The van der Waals surface area contributed by atoms with Gasteiger partial charge in [0.25, 0.3) is 0 Å². The number of hydrogen-bond donors (Lipinski definition) is 0. The maximum atomic E-state index is 12.3. The van der Waals surface area contributed by atoms with Gasteiger partial charge in [0.15, 0.2) is 11.6 Å². The Morgan fingerprint density at radius 1 is 1.29 bits per heavy atom. The SMILES string of the molecule is CC1=CC2=C(CC(C)(C)C2=O)[C@H](C)CCC1=O. The smallest absolute Gasteiger partial charge is 0.168 e. The Morgan fingerprint density at radius 3 is 2.59 bits per heavy atom. The molecule has 2 aliphatic rings. The highest BCUT2D eigenvalue weighted by atomic mass is 16.1. The number of carbonyl (C=O) groups is 2. The fourth-order valence-corrected chi connectivity index (χ4v) is 2.78. The van der Waals surface area contributed by atoms with E-state index in [0.717, 1.165) is 24.0 Å². The van der Waals surface area contributed by atoms with Crippen molar-refractivity contribution in [2.45, 2.75) is 47.0 Å². The predicted octanol–water partition coefficient (Wildman–Crippen LogP) is 3.23. The highest BCUT2D eigenvalue weighted by molar-refractivity contribution is 6.07. The lowest BCUT2D eigenvalue weighted by Gasteiger charge is -2.18. The van der Waals surface area contributed by atoms with E-state index >= 15 is 0 Å². The minimum Gasteiger partial charge on any atom is -0.295 e. The van der Waals surface area contributed by atoms with E-state index in [0.29, 0.717) is 12.3 Å². The molecule has 0 aliphatic heterocycles. The van der Waals surface area contributed by atoms with Crippen molar-refractivity contribution >= 4 is 11.6 Å². The van der Waals surface area contributed by atoms with Crippen LogP contribution in [-0.4, -0.2) is 11.6 Å². The van der Waals surface area contributed by atoms with Gasteiger partial charge < -0.3 is 0 Å². The summed E-state index contributed by atoms with van der Waals surface area (Å²) in [5, 5.41) is 0. The molecule has 2 heteroatoms. The maximum absolute atomic E-state index is 12.3. The van der Waals surface area contributed by atoms with Crippen molar-refractivity contribution in [1.29, 1.82) is 0 Å². The van der Waals surface area contributed by atoms with Gasteiger partial charge in [0.05, 0.1) is 0 Å². The average molecular weight is 232 g/mol. The fourth-order valence-electron chi connectivity index (χ4n) is 2.78. The molecule has 0 N–H and O–H groups in total. The van der Waals surface area contributed by atoms with Gasteiger partial charge >= 0.3 is 0 Å². The monoisotopic (exact) mass is 232 g/mol.